The average Bonchev–Trinajstić information content (AvgIpc) is 3.19. The van der Waals surface area contributed by atoms with Crippen molar-refractivity contribution in [3.05, 3.63) is 34.9 Å². The minimum Gasteiger partial charge on any atom is -0.353 e. The van der Waals surface area contributed by atoms with Gasteiger partial charge in [0.2, 0.25) is 5.91 Å². The molecule has 0 aromatic heterocycles. The number of carbonyl (C=O) groups is 1. The summed E-state index contributed by atoms with van der Waals surface area (Å²) in [6.07, 6.45) is 4.39. The van der Waals surface area contributed by atoms with E-state index in [4.69, 9.17) is 11.6 Å². The summed E-state index contributed by atoms with van der Waals surface area (Å²) in [6, 6.07) is 8.12. The molecule has 0 radical (unpaired) electrons. The van der Waals surface area contributed by atoms with Crippen molar-refractivity contribution in [2.24, 2.45) is 11.8 Å². The maximum Gasteiger partial charge on any atom is 0.223 e. The van der Waals surface area contributed by atoms with Gasteiger partial charge in [-0.3, -0.25) is 4.79 Å². The maximum atomic E-state index is 12.3. The molecule has 2 nitrogen and oxygen atoms in total. The number of amides is 1. The molecule has 1 fully saturated rings. The number of hydrogen-bond donors (Lipinski definition) is 1. The SMILES string of the molecule is CC(C)CCCC(C)NC(=O)C1CC1c1ccccc1Cl. The third-order valence-electron chi connectivity index (χ3n) is 4.24. The van der Waals surface area contributed by atoms with Crippen LogP contribution in [0.25, 0.3) is 0 Å². The van der Waals surface area contributed by atoms with Gasteiger partial charge < -0.3 is 5.32 Å². The van der Waals surface area contributed by atoms with Crippen molar-refractivity contribution in [1.82, 2.24) is 5.32 Å². The second-order valence-electron chi connectivity index (χ2n) is 6.70. The van der Waals surface area contributed by atoms with Gasteiger partial charge in [-0.25, -0.2) is 0 Å². The van der Waals surface area contributed by atoms with Crippen molar-refractivity contribution in [3.63, 3.8) is 0 Å². The predicted octanol–water partition coefficient (Wildman–Crippen LogP) is 4.77. The van der Waals surface area contributed by atoms with Gasteiger partial charge in [0.05, 0.1) is 0 Å². The first-order valence-electron chi connectivity index (χ1n) is 8.03. The topological polar surface area (TPSA) is 29.1 Å². The number of nitrogens with one attached hydrogen (secondary N) is 1. The minimum atomic E-state index is 0.109. The third-order valence-corrected chi connectivity index (χ3v) is 4.58. The fraction of sp³-hybridized carbons (Fsp3) is 0.611. The van der Waals surface area contributed by atoms with E-state index >= 15 is 0 Å². The molecule has 1 saturated carbocycles. The summed E-state index contributed by atoms with van der Waals surface area (Å²) in [6.45, 7) is 6.58. The molecule has 3 heteroatoms. The van der Waals surface area contributed by atoms with Crippen molar-refractivity contribution in [1.29, 1.82) is 0 Å². The van der Waals surface area contributed by atoms with Gasteiger partial charge in [0.15, 0.2) is 0 Å². The van der Waals surface area contributed by atoms with Gasteiger partial charge in [0, 0.05) is 17.0 Å². The largest absolute Gasteiger partial charge is 0.353 e. The number of benzene rings is 1. The minimum absolute atomic E-state index is 0.109. The van der Waals surface area contributed by atoms with E-state index in [-0.39, 0.29) is 17.9 Å². The van der Waals surface area contributed by atoms with Crippen LogP contribution in [-0.2, 0) is 4.79 Å². The Morgan fingerprint density at radius 1 is 1.29 bits per heavy atom. The van der Waals surface area contributed by atoms with Gasteiger partial charge >= 0.3 is 0 Å². The monoisotopic (exact) mass is 307 g/mol. The molecule has 1 N–H and O–H groups in total. The van der Waals surface area contributed by atoms with Crippen molar-refractivity contribution in [2.75, 3.05) is 0 Å². The second kappa shape index (κ2) is 7.31. The number of carbonyl (C=O) groups excluding carboxylic acids is 1. The van der Waals surface area contributed by atoms with Crippen LogP contribution in [0.1, 0.15) is 57.9 Å². The molecule has 1 aliphatic carbocycles. The van der Waals surface area contributed by atoms with Crippen LogP contribution in [0.2, 0.25) is 5.02 Å². The van der Waals surface area contributed by atoms with Gasteiger partial charge in [-0.2, -0.15) is 0 Å². The standard InChI is InChI=1S/C18H26ClNO/c1-12(2)7-6-8-13(3)20-18(21)16-11-15(16)14-9-4-5-10-17(14)19/h4-5,9-10,12-13,15-16H,6-8,11H2,1-3H3,(H,20,21). The van der Waals surface area contributed by atoms with Gasteiger partial charge in [0.25, 0.3) is 0 Å². The zero-order chi connectivity index (χ0) is 15.4. The lowest BCUT2D eigenvalue weighted by Gasteiger charge is -2.14. The smallest absolute Gasteiger partial charge is 0.223 e. The number of halogens is 1. The molecule has 1 amide bonds. The number of rotatable bonds is 7. The lowest BCUT2D eigenvalue weighted by atomic mass is 10.0. The molecule has 1 aromatic carbocycles. The highest BCUT2D eigenvalue weighted by atomic mass is 35.5. The third kappa shape index (κ3) is 4.74. The molecule has 0 aliphatic heterocycles. The summed E-state index contributed by atoms with van der Waals surface area (Å²) >= 11 is 6.20. The first-order valence-corrected chi connectivity index (χ1v) is 8.41. The fourth-order valence-corrected chi connectivity index (χ4v) is 3.13. The molecule has 0 bridgehead atoms. The Labute approximate surface area is 133 Å². The lowest BCUT2D eigenvalue weighted by molar-refractivity contribution is -0.123. The van der Waals surface area contributed by atoms with Crippen LogP contribution in [0.4, 0.5) is 0 Å². The zero-order valence-electron chi connectivity index (χ0n) is 13.2. The Hall–Kier alpha value is -1.02. The first-order chi connectivity index (χ1) is 9.99. The van der Waals surface area contributed by atoms with Gasteiger partial charge in [-0.05, 0) is 43.2 Å². The molecular formula is C18H26ClNO. The lowest BCUT2D eigenvalue weighted by Crippen LogP contribution is -2.34. The Bertz CT molecular complexity index is 486. The van der Waals surface area contributed by atoms with Crippen molar-refractivity contribution in [3.8, 4) is 0 Å². The molecule has 3 unspecified atom stereocenters. The van der Waals surface area contributed by atoms with E-state index in [9.17, 15) is 4.79 Å². The maximum absolute atomic E-state index is 12.3. The molecular weight excluding hydrogens is 282 g/mol. The van der Waals surface area contributed by atoms with Gasteiger partial charge in [0.1, 0.15) is 0 Å². The molecule has 0 spiro atoms. The predicted molar refractivity (Wildman–Crippen MR) is 88.6 cm³/mol. The molecule has 116 valence electrons. The van der Waals surface area contributed by atoms with Crippen LogP contribution in [0.15, 0.2) is 24.3 Å². The highest BCUT2D eigenvalue weighted by Gasteiger charge is 2.44. The molecule has 1 aliphatic rings. The quantitative estimate of drug-likeness (QED) is 0.772. The average molecular weight is 308 g/mol. The summed E-state index contributed by atoms with van der Waals surface area (Å²) < 4.78 is 0. The summed E-state index contributed by atoms with van der Waals surface area (Å²) in [4.78, 5) is 12.3. The Kier molecular flexibility index (Phi) is 5.69. The number of hydrogen-bond acceptors (Lipinski definition) is 1. The first kappa shape index (κ1) is 16.4. The molecule has 3 atom stereocenters. The highest BCUT2D eigenvalue weighted by Crippen LogP contribution is 2.49. The van der Waals surface area contributed by atoms with Gasteiger partial charge in [-0.1, -0.05) is 56.5 Å². The Morgan fingerprint density at radius 3 is 2.67 bits per heavy atom. The fourth-order valence-electron chi connectivity index (χ4n) is 2.86. The van der Waals surface area contributed by atoms with Crippen LogP contribution in [0.5, 0.6) is 0 Å². The highest BCUT2D eigenvalue weighted by molar-refractivity contribution is 6.31. The van der Waals surface area contributed by atoms with Gasteiger partial charge in [-0.15, -0.1) is 0 Å². The second-order valence-corrected chi connectivity index (χ2v) is 7.11. The molecule has 2 rings (SSSR count). The van der Waals surface area contributed by atoms with Crippen molar-refractivity contribution >= 4 is 17.5 Å². The summed E-state index contributed by atoms with van der Waals surface area (Å²) in [7, 11) is 0. The van der Waals surface area contributed by atoms with E-state index in [1.807, 2.05) is 24.3 Å². The van der Waals surface area contributed by atoms with Crippen LogP contribution >= 0.6 is 11.6 Å². The van der Waals surface area contributed by atoms with Crippen LogP contribution < -0.4 is 5.32 Å². The van der Waals surface area contributed by atoms with E-state index in [2.05, 4.69) is 26.1 Å². The van der Waals surface area contributed by atoms with Crippen molar-refractivity contribution in [2.45, 2.75) is 58.4 Å². The van der Waals surface area contributed by atoms with E-state index in [1.54, 1.807) is 0 Å². The summed E-state index contributed by atoms with van der Waals surface area (Å²) in [5.41, 5.74) is 1.12. The van der Waals surface area contributed by atoms with Crippen LogP contribution in [0, 0.1) is 11.8 Å². The Morgan fingerprint density at radius 2 is 2.00 bits per heavy atom. The van der Waals surface area contributed by atoms with Crippen molar-refractivity contribution < 1.29 is 4.79 Å². The molecule has 21 heavy (non-hydrogen) atoms. The van der Waals surface area contributed by atoms with Crippen LogP contribution in [-0.4, -0.2) is 11.9 Å². The summed E-state index contributed by atoms with van der Waals surface area (Å²) in [5.74, 6) is 1.34. The van der Waals surface area contributed by atoms with E-state index in [0.29, 0.717) is 5.92 Å². The normalized spacial score (nSPS) is 22.1. The Balaban J connectivity index is 1.77. The zero-order valence-corrected chi connectivity index (χ0v) is 14.0. The van der Waals surface area contributed by atoms with Crippen LogP contribution in [0.3, 0.4) is 0 Å². The molecule has 0 heterocycles. The summed E-state index contributed by atoms with van der Waals surface area (Å²) in [5, 5.41) is 3.93. The van der Waals surface area contributed by atoms with E-state index in [0.717, 1.165) is 29.3 Å². The molecule has 1 aromatic rings. The molecule has 0 saturated heterocycles. The van der Waals surface area contributed by atoms with E-state index in [1.165, 1.54) is 12.8 Å². The van der Waals surface area contributed by atoms with E-state index < -0.39 is 0 Å².